The van der Waals surface area contributed by atoms with Gasteiger partial charge in [-0.25, -0.2) is 9.50 Å². The summed E-state index contributed by atoms with van der Waals surface area (Å²) in [5.41, 5.74) is 6.82. The monoisotopic (exact) mass is 312 g/mol. The second-order valence-corrected chi connectivity index (χ2v) is 4.70. The normalized spacial score (nSPS) is 11.0. The van der Waals surface area contributed by atoms with Gasteiger partial charge in [0.2, 0.25) is 0 Å². The summed E-state index contributed by atoms with van der Waals surface area (Å²) >= 11 is 3.33. The molecule has 0 bridgehead atoms. The number of fused-ring (bicyclic) bond motifs is 1. The van der Waals surface area contributed by atoms with Gasteiger partial charge in [0.05, 0.1) is 0 Å². The Labute approximate surface area is 112 Å². The van der Waals surface area contributed by atoms with Crippen LogP contribution in [0.15, 0.2) is 17.0 Å². The van der Waals surface area contributed by atoms with E-state index in [2.05, 4.69) is 26.0 Å². The van der Waals surface area contributed by atoms with Gasteiger partial charge in [-0.15, -0.1) is 0 Å². The lowest BCUT2D eigenvalue weighted by molar-refractivity contribution is 0.0979. The quantitative estimate of drug-likeness (QED) is 0.643. The number of ketones is 1. The van der Waals surface area contributed by atoms with E-state index in [1.54, 1.807) is 10.6 Å². The van der Waals surface area contributed by atoms with E-state index in [0.717, 1.165) is 0 Å². The molecule has 0 aliphatic carbocycles. The van der Waals surface area contributed by atoms with Crippen LogP contribution < -0.4 is 5.73 Å². The topological polar surface area (TPSA) is 93.5 Å². The largest absolute Gasteiger partial charge is 0.396 e. The molecule has 0 saturated heterocycles. The second-order valence-electron chi connectivity index (χ2n) is 3.89. The SMILES string of the molecule is Nc1ncnn2c(Br)cc(C(=O)CCCCO)c12. The highest BCUT2D eigenvalue weighted by Gasteiger charge is 2.17. The molecule has 18 heavy (non-hydrogen) atoms. The van der Waals surface area contributed by atoms with Gasteiger partial charge in [-0.3, -0.25) is 4.79 Å². The number of unbranched alkanes of at least 4 members (excludes halogenated alkanes) is 1. The number of hydrogen-bond donors (Lipinski definition) is 2. The van der Waals surface area contributed by atoms with Crippen LogP contribution in [-0.2, 0) is 0 Å². The summed E-state index contributed by atoms with van der Waals surface area (Å²) in [5.74, 6) is 0.259. The van der Waals surface area contributed by atoms with Crippen LogP contribution in [-0.4, -0.2) is 32.1 Å². The number of rotatable bonds is 5. The lowest BCUT2D eigenvalue weighted by Crippen LogP contribution is -2.04. The van der Waals surface area contributed by atoms with Gasteiger partial charge in [0.25, 0.3) is 0 Å². The van der Waals surface area contributed by atoms with Crippen molar-refractivity contribution in [3.63, 3.8) is 0 Å². The highest BCUT2D eigenvalue weighted by Crippen LogP contribution is 2.25. The molecule has 0 aromatic carbocycles. The molecular weight excluding hydrogens is 300 g/mol. The Morgan fingerprint density at radius 1 is 1.50 bits per heavy atom. The first-order chi connectivity index (χ1) is 8.65. The Hall–Kier alpha value is -1.47. The van der Waals surface area contributed by atoms with Crippen molar-refractivity contribution in [1.29, 1.82) is 0 Å². The molecule has 6 nitrogen and oxygen atoms in total. The van der Waals surface area contributed by atoms with Crippen LogP contribution >= 0.6 is 15.9 Å². The summed E-state index contributed by atoms with van der Waals surface area (Å²) in [6, 6.07) is 1.70. The number of Topliss-reactive ketones (excluding diaryl/α,β-unsaturated/α-hetero) is 1. The first kappa shape index (κ1) is 13.0. The van der Waals surface area contributed by atoms with Crippen molar-refractivity contribution in [1.82, 2.24) is 14.6 Å². The predicted molar refractivity (Wildman–Crippen MR) is 70.4 cm³/mol. The molecule has 0 aliphatic rings. The van der Waals surface area contributed by atoms with Gasteiger partial charge in [-0.05, 0) is 34.8 Å². The van der Waals surface area contributed by atoms with Crippen molar-refractivity contribution in [2.24, 2.45) is 0 Å². The van der Waals surface area contributed by atoms with Crippen LogP contribution in [0.25, 0.3) is 5.52 Å². The van der Waals surface area contributed by atoms with Crippen LogP contribution in [0, 0.1) is 0 Å². The second kappa shape index (κ2) is 5.45. The minimum absolute atomic E-state index is 0.0202. The van der Waals surface area contributed by atoms with Crippen molar-refractivity contribution < 1.29 is 9.90 Å². The molecule has 0 fully saturated rings. The maximum absolute atomic E-state index is 12.1. The average molecular weight is 313 g/mol. The van der Waals surface area contributed by atoms with Gasteiger partial charge in [-0.1, -0.05) is 0 Å². The molecule has 96 valence electrons. The Kier molecular flexibility index (Phi) is 3.93. The van der Waals surface area contributed by atoms with E-state index in [1.807, 2.05) is 0 Å². The number of nitrogen functional groups attached to an aromatic ring is 1. The third-order valence-electron chi connectivity index (χ3n) is 2.65. The van der Waals surface area contributed by atoms with Crippen LogP contribution in [0.4, 0.5) is 5.82 Å². The fraction of sp³-hybridized carbons (Fsp3) is 0.364. The van der Waals surface area contributed by atoms with Crippen molar-refractivity contribution >= 4 is 33.0 Å². The zero-order valence-electron chi connectivity index (χ0n) is 9.64. The van der Waals surface area contributed by atoms with Crippen LogP contribution in [0.2, 0.25) is 0 Å². The molecule has 2 aromatic rings. The predicted octanol–water partition coefficient (Wildman–Crippen LogP) is 1.42. The van der Waals surface area contributed by atoms with Gasteiger partial charge in [0.1, 0.15) is 16.4 Å². The van der Waals surface area contributed by atoms with Gasteiger partial charge in [0, 0.05) is 18.6 Å². The fourth-order valence-corrected chi connectivity index (χ4v) is 2.27. The van der Waals surface area contributed by atoms with Crippen LogP contribution in [0.3, 0.4) is 0 Å². The minimum Gasteiger partial charge on any atom is -0.396 e. The Morgan fingerprint density at radius 3 is 3.00 bits per heavy atom. The maximum atomic E-state index is 12.1. The number of nitrogens with two attached hydrogens (primary N) is 1. The van der Waals surface area contributed by atoms with Crippen molar-refractivity contribution in [3.8, 4) is 0 Å². The van der Waals surface area contributed by atoms with E-state index in [0.29, 0.717) is 34.9 Å². The van der Waals surface area contributed by atoms with E-state index in [-0.39, 0.29) is 18.2 Å². The minimum atomic E-state index is -0.0202. The molecule has 0 atom stereocenters. The Morgan fingerprint density at radius 2 is 2.28 bits per heavy atom. The number of nitrogens with zero attached hydrogens (tertiary/aromatic N) is 3. The van der Waals surface area contributed by atoms with Gasteiger partial charge < -0.3 is 10.8 Å². The number of aliphatic hydroxyl groups excluding tert-OH is 1. The lowest BCUT2D eigenvalue weighted by atomic mass is 10.1. The molecular formula is C11H13BrN4O2. The van der Waals surface area contributed by atoms with E-state index in [4.69, 9.17) is 10.8 Å². The third-order valence-corrected chi connectivity index (χ3v) is 3.22. The Balaban J connectivity index is 2.36. The number of aromatic nitrogens is 3. The first-order valence-electron chi connectivity index (χ1n) is 5.57. The van der Waals surface area contributed by atoms with Gasteiger partial charge >= 0.3 is 0 Å². The molecule has 0 aliphatic heterocycles. The van der Waals surface area contributed by atoms with E-state index >= 15 is 0 Å². The fourth-order valence-electron chi connectivity index (χ4n) is 1.77. The van der Waals surface area contributed by atoms with Crippen molar-refractivity contribution in [3.05, 3.63) is 22.6 Å². The standard InChI is InChI=1S/C11H13BrN4O2/c12-9-5-7(8(18)3-1-2-4-17)10-11(13)14-6-15-16(9)10/h5-6,17H,1-4H2,(H2,13,14,15). The molecule has 0 saturated carbocycles. The Bertz CT molecular complexity index is 582. The average Bonchev–Trinajstić information content (AvgIpc) is 2.69. The highest BCUT2D eigenvalue weighted by atomic mass is 79.9. The number of anilines is 1. The maximum Gasteiger partial charge on any atom is 0.165 e. The molecule has 2 rings (SSSR count). The van der Waals surface area contributed by atoms with Crippen LogP contribution in [0.1, 0.15) is 29.6 Å². The summed E-state index contributed by atoms with van der Waals surface area (Å²) in [5, 5.41) is 12.7. The zero-order chi connectivity index (χ0) is 13.1. The van der Waals surface area contributed by atoms with E-state index < -0.39 is 0 Å². The van der Waals surface area contributed by atoms with E-state index in [1.165, 1.54) is 6.33 Å². The smallest absolute Gasteiger partial charge is 0.165 e. The summed E-state index contributed by atoms with van der Waals surface area (Å²) in [6.45, 7) is 0.0960. The number of carbonyl (C=O) groups excluding carboxylic acids is 1. The molecule has 0 spiro atoms. The van der Waals surface area contributed by atoms with Crippen LogP contribution in [0.5, 0.6) is 0 Å². The van der Waals surface area contributed by atoms with Crippen molar-refractivity contribution in [2.45, 2.75) is 19.3 Å². The molecule has 3 N–H and O–H groups in total. The molecule has 7 heteroatoms. The summed E-state index contributed by atoms with van der Waals surface area (Å²) in [7, 11) is 0. The number of aliphatic hydroxyl groups is 1. The highest BCUT2D eigenvalue weighted by molar-refractivity contribution is 9.10. The number of halogens is 1. The molecule has 0 amide bonds. The zero-order valence-corrected chi connectivity index (χ0v) is 11.2. The van der Waals surface area contributed by atoms with Gasteiger partial charge in [0.15, 0.2) is 11.6 Å². The summed E-state index contributed by atoms with van der Waals surface area (Å²) in [6.07, 6.45) is 2.98. The number of carbonyl (C=O) groups is 1. The molecule has 2 heterocycles. The summed E-state index contributed by atoms with van der Waals surface area (Å²) < 4.78 is 2.21. The summed E-state index contributed by atoms with van der Waals surface area (Å²) in [4.78, 5) is 16.0. The lowest BCUT2D eigenvalue weighted by Gasteiger charge is -2.01. The third kappa shape index (κ3) is 2.37. The molecule has 0 unspecified atom stereocenters. The van der Waals surface area contributed by atoms with Crippen molar-refractivity contribution in [2.75, 3.05) is 12.3 Å². The van der Waals surface area contributed by atoms with E-state index in [9.17, 15) is 4.79 Å². The number of hydrogen-bond acceptors (Lipinski definition) is 5. The molecule has 0 radical (unpaired) electrons. The van der Waals surface area contributed by atoms with Gasteiger partial charge in [-0.2, -0.15) is 5.10 Å². The first-order valence-corrected chi connectivity index (χ1v) is 6.36. The molecule has 2 aromatic heterocycles.